The molecule has 11 nitrogen and oxygen atoms in total. The summed E-state index contributed by atoms with van der Waals surface area (Å²) in [4.78, 5) is 31.2. The molecule has 3 N–H and O–H groups in total. The number of nitrogens with one attached hydrogen (secondary N) is 3. The number of carbonyl (C=O) groups excluding carboxylic acids is 2. The molecule has 1 aliphatic carbocycles. The SMILES string of the molecule is CCN(C)SNc1ccc(F)c(Oc2ccc3nccnc3c2)c1C#N.O=C1CCC(Nc2ccc(C3CCCCC3)c(F)c2)C(=O)N1.[CH2-]CC1(C[CH2-])CCCO1.[Na+]. The summed E-state index contributed by atoms with van der Waals surface area (Å²) >= 11 is 1.32. The summed E-state index contributed by atoms with van der Waals surface area (Å²) in [5, 5.41) is 14.8. The van der Waals surface area contributed by atoms with Crippen molar-refractivity contribution in [1.29, 1.82) is 5.26 Å². The quantitative estimate of drug-likeness (QED) is 0.0667. The molecule has 0 spiro atoms. The van der Waals surface area contributed by atoms with Crippen LogP contribution >= 0.6 is 12.1 Å². The van der Waals surface area contributed by atoms with Crippen molar-refractivity contribution in [1.82, 2.24) is 19.6 Å². The van der Waals surface area contributed by atoms with Gasteiger partial charge >= 0.3 is 29.6 Å². The van der Waals surface area contributed by atoms with Crippen LogP contribution in [0.3, 0.4) is 0 Å². The predicted molar refractivity (Wildman–Crippen MR) is 220 cm³/mol. The minimum atomic E-state index is -0.611. The van der Waals surface area contributed by atoms with Crippen molar-refractivity contribution in [3.8, 4) is 17.6 Å². The van der Waals surface area contributed by atoms with E-state index in [1.807, 2.05) is 36.5 Å². The average molecular weight is 823 g/mol. The minimum Gasteiger partial charge on any atom is -0.453 e. The van der Waals surface area contributed by atoms with Gasteiger partial charge in [-0.05, 0) is 87.0 Å². The van der Waals surface area contributed by atoms with Crippen molar-refractivity contribution in [2.45, 2.75) is 95.1 Å². The van der Waals surface area contributed by atoms with Gasteiger partial charge in [-0.15, -0.1) is 0 Å². The van der Waals surface area contributed by atoms with E-state index in [0.29, 0.717) is 46.9 Å². The van der Waals surface area contributed by atoms with E-state index in [2.05, 4.69) is 39.2 Å². The number of anilines is 2. The zero-order chi connectivity index (χ0) is 40.8. The van der Waals surface area contributed by atoms with Gasteiger partial charge < -0.3 is 33.4 Å². The molecule has 3 fully saturated rings. The van der Waals surface area contributed by atoms with Gasteiger partial charge in [-0.3, -0.25) is 24.9 Å². The van der Waals surface area contributed by atoms with Crippen LogP contribution in [-0.2, 0) is 14.3 Å². The Hall–Kier alpha value is -3.84. The van der Waals surface area contributed by atoms with Crippen molar-refractivity contribution in [3.63, 3.8) is 0 Å². The number of nitrogens with zero attached hydrogens (tertiary/aromatic N) is 4. The maximum absolute atomic E-state index is 14.4. The molecule has 2 amide bonds. The molecule has 4 aromatic rings. The van der Waals surface area contributed by atoms with Crippen LogP contribution in [0.5, 0.6) is 11.5 Å². The van der Waals surface area contributed by atoms with Gasteiger partial charge in [-0.2, -0.15) is 18.1 Å². The number of hydrogen-bond donors (Lipinski definition) is 3. The van der Waals surface area contributed by atoms with Crippen molar-refractivity contribution >= 4 is 46.4 Å². The zero-order valence-electron chi connectivity index (χ0n) is 33.6. The van der Waals surface area contributed by atoms with Crippen LogP contribution in [0.1, 0.15) is 94.6 Å². The molecule has 3 aromatic carbocycles. The van der Waals surface area contributed by atoms with Gasteiger partial charge in [0.25, 0.3) is 0 Å². The molecule has 3 heterocycles. The normalized spacial score (nSPS) is 17.4. The topological polar surface area (TPSA) is 141 Å². The molecule has 1 unspecified atom stereocenters. The largest absolute Gasteiger partial charge is 1.00 e. The van der Waals surface area contributed by atoms with Crippen LogP contribution in [0, 0.1) is 36.8 Å². The van der Waals surface area contributed by atoms with Crippen LogP contribution in [0.4, 0.5) is 20.2 Å². The Bertz CT molecular complexity index is 2020. The van der Waals surface area contributed by atoms with E-state index >= 15 is 0 Å². The maximum Gasteiger partial charge on any atom is 1.00 e. The number of halogens is 2. The van der Waals surface area contributed by atoms with Crippen molar-refractivity contribution in [2.75, 3.05) is 30.2 Å². The minimum absolute atomic E-state index is 0. The molecule has 304 valence electrons. The van der Waals surface area contributed by atoms with Gasteiger partial charge in [0.15, 0.2) is 11.6 Å². The number of benzene rings is 3. The number of carbonyl (C=O) groups is 2. The summed E-state index contributed by atoms with van der Waals surface area (Å²) in [7, 11) is 1.90. The number of hydrogen-bond acceptors (Lipinski definition) is 11. The first kappa shape index (κ1) is 46.8. The second-order valence-corrected chi connectivity index (χ2v) is 15.2. The Kier molecular flexibility index (Phi) is 18.6. The van der Waals surface area contributed by atoms with Crippen LogP contribution in [0.2, 0.25) is 0 Å². The summed E-state index contributed by atoms with van der Waals surface area (Å²) in [5.74, 6) is -0.831. The molecule has 3 aliphatic rings. The van der Waals surface area contributed by atoms with Crippen molar-refractivity contribution in [3.05, 3.63) is 97.5 Å². The standard InChI is InChI=1S/C18H16FN5OS.C17H21FN2O2.C8H14O.Na/c1-3-24(2)26-23-15-7-5-14(19)18(13(15)11-20)25-12-4-6-16-17(10-12)22-9-8-21-16;18-14-10-12(19-15-8-9-16(21)20-17(15)22)6-7-13(14)11-4-2-1-3-5-11;1-3-8(4-2)6-5-7-9-8;/h4-10,23H,3H2,1-2H3;6-7,10-11,15,19H,1-5,8-9H2,(H,20,21,22);1-7H2;/q;;-2;+1. The third-order valence-electron chi connectivity index (χ3n) is 10.4. The molecular formula is C43H51F2N7NaO4S-. The van der Waals surface area contributed by atoms with E-state index < -0.39 is 11.9 Å². The van der Waals surface area contributed by atoms with E-state index in [9.17, 15) is 23.6 Å². The van der Waals surface area contributed by atoms with Gasteiger partial charge in [-0.1, -0.05) is 32.3 Å². The second kappa shape index (κ2) is 23.1. The van der Waals surface area contributed by atoms with Crippen LogP contribution in [-0.4, -0.2) is 57.9 Å². The van der Waals surface area contributed by atoms with Crippen molar-refractivity contribution in [2.24, 2.45) is 0 Å². The molecule has 7 rings (SSSR count). The molecular weight excluding hydrogens is 772 g/mol. The van der Waals surface area contributed by atoms with E-state index in [0.717, 1.165) is 50.8 Å². The Morgan fingerprint density at radius 3 is 2.36 bits per heavy atom. The summed E-state index contributed by atoms with van der Waals surface area (Å²) in [6.07, 6.45) is 13.7. The van der Waals surface area contributed by atoms with E-state index in [-0.39, 0.29) is 64.1 Å². The molecule has 1 aromatic heterocycles. The molecule has 58 heavy (non-hydrogen) atoms. The fourth-order valence-corrected chi connectivity index (χ4v) is 7.39. The van der Waals surface area contributed by atoms with Gasteiger partial charge in [-0.25, -0.2) is 13.1 Å². The number of amides is 2. The molecule has 2 saturated heterocycles. The second-order valence-electron chi connectivity index (χ2n) is 14.2. The van der Waals surface area contributed by atoms with E-state index in [1.165, 1.54) is 56.0 Å². The first-order chi connectivity index (χ1) is 27.6. The number of rotatable bonds is 11. The van der Waals surface area contributed by atoms with Gasteiger partial charge in [0.1, 0.15) is 29.2 Å². The third-order valence-corrected chi connectivity index (χ3v) is 11.2. The van der Waals surface area contributed by atoms with E-state index in [1.54, 1.807) is 30.6 Å². The number of nitriles is 1. The predicted octanol–water partition coefficient (Wildman–Crippen LogP) is 6.44. The number of imide groups is 1. The number of aromatic nitrogens is 2. The monoisotopic (exact) mass is 822 g/mol. The zero-order valence-corrected chi connectivity index (χ0v) is 36.4. The Balaban J connectivity index is 0.000000210. The Morgan fingerprint density at radius 1 is 1.00 bits per heavy atom. The fraction of sp³-hybridized carbons (Fsp3) is 0.419. The summed E-state index contributed by atoms with van der Waals surface area (Å²) in [6.45, 7) is 11.4. The molecule has 0 radical (unpaired) electrons. The average Bonchev–Trinajstić information content (AvgIpc) is 3.73. The third kappa shape index (κ3) is 12.8. The van der Waals surface area contributed by atoms with Gasteiger partial charge in [0, 0.05) is 61.5 Å². The number of fused-ring (bicyclic) bond motifs is 1. The molecule has 0 bridgehead atoms. The summed E-state index contributed by atoms with van der Waals surface area (Å²) < 4.78 is 44.9. The Morgan fingerprint density at radius 2 is 1.74 bits per heavy atom. The maximum atomic E-state index is 14.4. The van der Waals surface area contributed by atoms with Crippen LogP contribution in [0.25, 0.3) is 11.0 Å². The smallest absolute Gasteiger partial charge is 0.453 e. The number of ether oxygens (including phenoxy) is 2. The van der Waals surface area contributed by atoms with Crippen LogP contribution < -0.4 is 49.6 Å². The summed E-state index contributed by atoms with van der Waals surface area (Å²) in [5.41, 5.74) is 3.34. The fourth-order valence-electron chi connectivity index (χ4n) is 6.84. The Labute approximate surface area is 367 Å². The van der Waals surface area contributed by atoms with E-state index in [4.69, 9.17) is 9.47 Å². The first-order valence-corrected chi connectivity index (χ1v) is 20.2. The van der Waals surface area contributed by atoms with Gasteiger partial charge in [0.2, 0.25) is 11.8 Å². The molecule has 15 heteroatoms. The molecule has 1 atom stereocenters. The van der Waals surface area contributed by atoms with Crippen molar-refractivity contribution < 1.29 is 57.4 Å². The summed E-state index contributed by atoms with van der Waals surface area (Å²) in [6, 6.07) is 14.5. The molecule has 2 aliphatic heterocycles. The number of piperidine rings is 1. The first-order valence-electron chi connectivity index (χ1n) is 19.5. The molecule has 1 saturated carbocycles. The van der Waals surface area contributed by atoms with Gasteiger partial charge in [0.05, 0.1) is 16.7 Å². The van der Waals surface area contributed by atoms with Crippen LogP contribution in [0.15, 0.2) is 60.9 Å².